The van der Waals surface area contributed by atoms with Gasteiger partial charge in [0.25, 0.3) is 0 Å². The Hall–Kier alpha value is -1.26. The van der Waals surface area contributed by atoms with E-state index < -0.39 is 0 Å². The molecule has 1 amide bonds. The zero-order chi connectivity index (χ0) is 15.6. The lowest BCUT2D eigenvalue weighted by atomic mass is 10.1. The molecule has 0 aromatic heterocycles. The minimum Gasteiger partial charge on any atom is -0.358 e. The molecule has 0 radical (unpaired) electrons. The number of piperazine rings is 1. The fraction of sp³-hybridized carbons (Fsp3) is 0.562. The third-order valence-corrected chi connectivity index (χ3v) is 4.05. The van der Waals surface area contributed by atoms with Gasteiger partial charge in [0.05, 0.1) is 0 Å². The van der Waals surface area contributed by atoms with Gasteiger partial charge >= 0.3 is 0 Å². The third kappa shape index (κ3) is 3.89. The SMILES string of the molecule is CC1C(=O)NCCN1c1cccc(Cl)c1CNC(C)(C)C. The molecule has 0 aliphatic carbocycles. The van der Waals surface area contributed by atoms with E-state index in [0.29, 0.717) is 13.1 Å². The van der Waals surface area contributed by atoms with Gasteiger partial charge in [0, 0.05) is 41.4 Å². The molecule has 0 bridgehead atoms. The van der Waals surface area contributed by atoms with E-state index in [1.165, 1.54) is 0 Å². The summed E-state index contributed by atoms with van der Waals surface area (Å²) in [5.41, 5.74) is 2.11. The van der Waals surface area contributed by atoms with E-state index in [0.717, 1.165) is 22.8 Å². The van der Waals surface area contributed by atoms with Crippen LogP contribution >= 0.6 is 11.6 Å². The van der Waals surface area contributed by atoms with Gasteiger partial charge in [-0.3, -0.25) is 4.79 Å². The smallest absolute Gasteiger partial charge is 0.242 e. The number of amides is 1. The van der Waals surface area contributed by atoms with Crippen LogP contribution in [0.4, 0.5) is 5.69 Å². The van der Waals surface area contributed by atoms with E-state index in [-0.39, 0.29) is 17.5 Å². The molecule has 1 fully saturated rings. The van der Waals surface area contributed by atoms with Crippen molar-refractivity contribution in [1.82, 2.24) is 10.6 Å². The van der Waals surface area contributed by atoms with Crippen LogP contribution in [0.1, 0.15) is 33.3 Å². The summed E-state index contributed by atoms with van der Waals surface area (Å²) in [4.78, 5) is 14.0. The van der Waals surface area contributed by atoms with E-state index in [4.69, 9.17) is 11.6 Å². The third-order valence-electron chi connectivity index (χ3n) is 3.70. The highest BCUT2D eigenvalue weighted by Crippen LogP contribution is 2.30. The summed E-state index contributed by atoms with van der Waals surface area (Å²) in [5.74, 6) is 0.0657. The summed E-state index contributed by atoms with van der Waals surface area (Å²) in [7, 11) is 0. The van der Waals surface area contributed by atoms with Crippen molar-refractivity contribution in [2.45, 2.75) is 45.8 Å². The molecular weight excluding hydrogens is 286 g/mol. The molecule has 1 aromatic rings. The van der Waals surface area contributed by atoms with E-state index in [1.807, 2.05) is 25.1 Å². The Balaban J connectivity index is 2.30. The molecule has 1 unspecified atom stereocenters. The number of anilines is 1. The lowest BCUT2D eigenvalue weighted by molar-refractivity contribution is -0.122. The number of carbonyl (C=O) groups excluding carboxylic acids is 1. The second-order valence-corrected chi connectivity index (χ2v) is 6.91. The molecule has 0 saturated carbocycles. The van der Waals surface area contributed by atoms with Crippen molar-refractivity contribution in [3.63, 3.8) is 0 Å². The molecule has 21 heavy (non-hydrogen) atoms. The minimum atomic E-state index is -0.175. The van der Waals surface area contributed by atoms with Gasteiger partial charge in [-0.2, -0.15) is 0 Å². The first-order chi connectivity index (χ1) is 9.79. The molecule has 1 atom stereocenters. The highest BCUT2D eigenvalue weighted by molar-refractivity contribution is 6.31. The van der Waals surface area contributed by atoms with Gasteiger partial charge in [0.1, 0.15) is 6.04 Å². The molecule has 2 rings (SSSR count). The number of carbonyl (C=O) groups is 1. The lowest BCUT2D eigenvalue weighted by Crippen LogP contribution is -2.54. The highest BCUT2D eigenvalue weighted by Gasteiger charge is 2.27. The topological polar surface area (TPSA) is 44.4 Å². The Morgan fingerprint density at radius 1 is 1.43 bits per heavy atom. The van der Waals surface area contributed by atoms with Gasteiger partial charge in [-0.25, -0.2) is 0 Å². The fourth-order valence-corrected chi connectivity index (χ4v) is 2.69. The molecule has 1 aromatic carbocycles. The van der Waals surface area contributed by atoms with E-state index in [1.54, 1.807) is 0 Å². The van der Waals surface area contributed by atoms with Crippen molar-refractivity contribution in [3.05, 3.63) is 28.8 Å². The van der Waals surface area contributed by atoms with Crippen LogP contribution in [-0.4, -0.2) is 30.6 Å². The van der Waals surface area contributed by atoms with Crippen LogP contribution in [0.15, 0.2) is 18.2 Å². The molecule has 4 nitrogen and oxygen atoms in total. The summed E-state index contributed by atoms with van der Waals surface area (Å²) in [6.07, 6.45) is 0. The molecule has 1 aliphatic heterocycles. The number of nitrogens with one attached hydrogen (secondary N) is 2. The molecule has 5 heteroatoms. The summed E-state index contributed by atoms with van der Waals surface area (Å²) in [6.45, 7) is 10.5. The Bertz CT molecular complexity index is 525. The Labute approximate surface area is 131 Å². The molecule has 1 saturated heterocycles. The maximum Gasteiger partial charge on any atom is 0.242 e. The van der Waals surface area contributed by atoms with Crippen LogP contribution in [-0.2, 0) is 11.3 Å². The number of nitrogens with zero attached hydrogens (tertiary/aromatic N) is 1. The second-order valence-electron chi connectivity index (χ2n) is 6.50. The molecular formula is C16H24ClN3O. The average molecular weight is 310 g/mol. The monoisotopic (exact) mass is 309 g/mol. The minimum absolute atomic E-state index is 0.0152. The largest absolute Gasteiger partial charge is 0.358 e. The van der Waals surface area contributed by atoms with Crippen molar-refractivity contribution in [3.8, 4) is 0 Å². The normalized spacial score (nSPS) is 19.6. The number of halogens is 1. The van der Waals surface area contributed by atoms with Crippen molar-refractivity contribution in [2.75, 3.05) is 18.0 Å². The van der Waals surface area contributed by atoms with Crippen LogP contribution < -0.4 is 15.5 Å². The zero-order valence-electron chi connectivity index (χ0n) is 13.2. The maximum atomic E-state index is 11.9. The first-order valence-electron chi connectivity index (χ1n) is 7.36. The van der Waals surface area contributed by atoms with Crippen LogP contribution in [0.5, 0.6) is 0 Å². The van der Waals surface area contributed by atoms with E-state index in [2.05, 4.69) is 36.3 Å². The zero-order valence-corrected chi connectivity index (χ0v) is 13.9. The molecule has 1 aliphatic rings. The molecule has 2 N–H and O–H groups in total. The predicted molar refractivity (Wildman–Crippen MR) is 87.9 cm³/mol. The molecule has 116 valence electrons. The summed E-state index contributed by atoms with van der Waals surface area (Å²) < 4.78 is 0. The van der Waals surface area contributed by atoms with Gasteiger partial charge in [0.15, 0.2) is 0 Å². The van der Waals surface area contributed by atoms with Gasteiger partial charge < -0.3 is 15.5 Å². The highest BCUT2D eigenvalue weighted by atomic mass is 35.5. The molecule has 0 spiro atoms. The lowest BCUT2D eigenvalue weighted by Gasteiger charge is -2.36. The number of rotatable bonds is 3. The van der Waals surface area contributed by atoms with Gasteiger partial charge in [-0.05, 0) is 39.8 Å². The van der Waals surface area contributed by atoms with Crippen LogP contribution in [0.25, 0.3) is 0 Å². The predicted octanol–water partition coefficient (Wildman–Crippen LogP) is 2.55. The number of hydrogen-bond donors (Lipinski definition) is 2. The summed E-state index contributed by atoms with van der Waals surface area (Å²) >= 11 is 6.39. The van der Waals surface area contributed by atoms with Crippen molar-refractivity contribution in [1.29, 1.82) is 0 Å². The van der Waals surface area contributed by atoms with Crippen molar-refractivity contribution < 1.29 is 4.79 Å². The standard InChI is InChI=1S/C16H24ClN3O/c1-11-15(21)18-8-9-20(11)14-7-5-6-13(17)12(14)10-19-16(2,3)4/h5-7,11,19H,8-10H2,1-4H3,(H,18,21). The Kier molecular flexibility index (Phi) is 4.79. The van der Waals surface area contributed by atoms with Gasteiger partial charge in [0.2, 0.25) is 5.91 Å². The number of benzene rings is 1. The maximum absolute atomic E-state index is 11.9. The van der Waals surface area contributed by atoms with Crippen molar-refractivity contribution in [2.24, 2.45) is 0 Å². The fourth-order valence-electron chi connectivity index (χ4n) is 2.46. The Morgan fingerprint density at radius 2 is 2.14 bits per heavy atom. The number of hydrogen-bond acceptors (Lipinski definition) is 3. The molecule has 1 heterocycles. The first kappa shape index (κ1) is 16.1. The van der Waals surface area contributed by atoms with Gasteiger partial charge in [-0.1, -0.05) is 17.7 Å². The van der Waals surface area contributed by atoms with Crippen LogP contribution in [0.3, 0.4) is 0 Å². The first-order valence-corrected chi connectivity index (χ1v) is 7.74. The van der Waals surface area contributed by atoms with Crippen LogP contribution in [0, 0.1) is 0 Å². The average Bonchev–Trinajstić information content (AvgIpc) is 2.39. The summed E-state index contributed by atoms with van der Waals surface area (Å²) in [6, 6.07) is 5.71. The second kappa shape index (κ2) is 6.24. The van der Waals surface area contributed by atoms with E-state index >= 15 is 0 Å². The van der Waals surface area contributed by atoms with Crippen LogP contribution in [0.2, 0.25) is 5.02 Å². The quantitative estimate of drug-likeness (QED) is 0.902. The van der Waals surface area contributed by atoms with E-state index in [9.17, 15) is 4.79 Å². The van der Waals surface area contributed by atoms with Crippen molar-refractivity contribution >= 4 is 23.2 Å². The summed E-state index contributed by atoms with van der Waals surface area (Å²) in [5, 5.41) is 7.10. The Morgan fingerprint density at radius 3 is 2.81 bits per heavy atom. The van der Waals surface area contributed by atoms with Gasteiger partial charge in [-0.15, -0.1) is 0 Å².